The van der Waals surface area contributed by atoms with E-state index in [4.69, 9.17) is 14.2 Å². The lowest BCUT2D eigenvalue weighted by atomic mass is 9.82. The van der Waals surface area contributed by atoms with Gasteiger partial charge in [0.2, 0.25) is 11.7 Å². The first-order valence-corrected chi connectivity index (χ1v) is 13.5. The fourth-order valence-corrected chi connectivity index (χ4v) is 5.83. The van der Waals surface area contributed by atoms with Crippen molar-refractivity contribution in [1.29, 1.82) is 0 Å². The second-order valence-electron chi connectivity index (χ2n) is 10.5. The van der Waals surface area contributed by atoms with Crippen LogP contribution in [-0.4, -0.2) is 73.7 Å². The standard InChI is InChI=1S/C31H33N3O6.ClH/c1-38-28-13-12-23(18-32-28)29(33-25-11-7-6-10-24(25)30(36)39-2)31(37)40-27-20-34(16-14-22(27)15-17-34)19-26(35)21-8-4-3-5-9-21;/h3-13,18,22,27,29H,14-17,19-20H2,1-2H3;1H/t22?,27-,29?,34?;/m0./s1. The zero-order chi connectivity index (χ0) is 28.1. The van der Waals surface area contributed by atoms with Crippen LogP contribution >= 0.6 is 0 Å². The summed E-state index contributed by atoms with van der Waals surface area (Å²) in [5, 5.41) is 3.20. The molecule has 3 fully saturated rings. The number of piperidine rings is 3. The minimum absolute atomic E-state index is 0. The van der Waals surface area contributed by atoms with Gasteiger partial charge >= 0.3 is 11.9 Å². The van der Waals surface area contributed by atoms with Crippen LogP contribution in [0.25, 0.3) is 0 Å². The molecule has 216 valence electrons. The molecule has 9 nitrogen and oxygen atoms in total. The number of anilines is 1. The number of hydrogen-bond donors (Lipinski definition) is 1. The number of rotatable bonds is 10. The summed E-state index contributed by atoms with van der Waals surface area (Å²) in [6.07, 6.45) is 3.03. The predicted octanol–water partition coefficient (Wildman–Crippen LogP) is 1.07. The highest BCUT2D eigenvalue weighted by molar-refractivity contribution is 5.97. The fourth-order valence-electron chi connectivity index (χ4n) is 5.83. The Morgan fingerprint density at radius 1 is 0.976 bits per heavy atom. The van der Waals surface area contributed by atoms with Gasteiger partial charge in [-0.2, -0.15) is 0 Å². The fraction of sp³-hybridized carbons (Fsp3) is 0.355. The summed E-state index contributed by atoms with van der Waals surface area (Å²) >= 11 is 0. The highest BCUT2D eigenvalue weighted by Gasteiger charge is 2.49. The number of carbonyl (C=O) groups is 3. The van der Waals surface area contributed by atoms with Crippen LogP contribution in [0.3, 0.4) is 0 Å². The molecule has 4 heterocycles. The number of nitrogens with zero attached hydrogens (tertiary/aromatic N) is 2. The number of ketones is 1. The predicted molar refractivity (Wildman–Crippen MR) is 148 cm³/mol. The number of methoxy groups -OCH3 is 2. The van der Waals surface area contributed by atoms with Gasteiger partial charge in [-0.15, -0.1) is 0 Å². The van der Waals surface area contributed by atoms with Gasteiger partial charge in [-0.05, 0) is 18.2 Å². The second kappa shape index (κ2) is 13.1. The van der Waals surface area contributed by atoms with Gasteiger partial charge in [0.1, 0.15) is 13.1 Å². The molecule has 3 aliphatic heterocycles. The molecule has 3 saturated heterocycles. The molecule has 0 spiro atoms. The van der Waals surface area contributed by atoms with Crippen LogP contribution in [0.2, 0.25) is 0 Å². The van der Waals surface area contributed by atoms with Crippen molar-refractivity contribution in [2.75, 3.05) is 45.7 Å². The number of quaternary nitrogens is 1. The largest absolute Gasteiger partial charge is 1.00 e. The number of ether oxygens (including phenoxy) is 3. The molecule has 1 N–H and O–H groups in total. The van der Waals surface area contributed by atoms with Crippen molar-refractivity contribution in [3.05, 3.63) is 89.6 Å². The topological polar surface area (TPSA) is 104 Å². The van der Waals surface area contributed by atoms with Gasteiger partial charge in [-0.25, -0.2) is 14.6 Å². The van der Waals surface area contributed by atoms with Crippen LogP contribution in [-0.2, 0) is 14.3 Å². The average molecular weight is 580 g/mol. The number of nitrogens with one attached hydrogen (secondary N) is 1. The van der Waals surface area contributed by atoms with E-state index in [-0.39, 0.29) is 30.2 Å². The van der Waals surface area contributed by atoms with Gasteiger partial charge in [-0.3, -0.25) is 4.79 Å². The van der Waals surface area contributed by atoms with E-state index >= 15 is 0 Å². The normalized spacial score (nSPS) is 21.6. The van der Waals surface area contributed by atoms with E-state index in [1.807, 2.05) is 30.3 Å². The maximum absolute atomic E-state index is 13.8. The van der Waals surface area contributed by atoms with Gasteiger partial charge in [0.05, 0.1) is 32.9 Å². The molecule has 0 amide bonds. The minimum atomic E-state index is -0.931. The number of para-hydroxylation sites is 1. The van der Waals surface area contributed by atoms with Crippen molar-refractivity contribution in [2.24, 2.45) is 5.92 Å². The number of Topliss-reactive ketones (excluding diaryl/α,β-unsaturated/α-hetero) is 1. The van der Waals surface area contributed by atoms with E-state index in [2.05, 4.69) is 10.3 Å². The molecule has 0 saturated carbocycles. The lowest BCUT2D eigenvalue weighted by molar-refractivity contribution is -0.938. The summed E-state index contributed by atoms with van der Waals surface area (Å²) in [6.45, 7) is 2.78. The maximum atomic E-state index is 13.8. The van der Waals surface area contributed by atoms with Crippen LogP contribution < -0.4 is 22.5 Å². The first kappa shape index (κ1) is 30.0. The zero-order valence-corrected chi connectivity index (χ0v) is 23.9. The third-order valence-corrected chi connectivity index (χ3v) is 8.05. The number of carbonyl (C=O) groups excluding carboxylic acids is 3. The molecule has 2 aromatic carbocycles. The SMILES string of the molecule is COC(=O)c1ccccc1NC(C(=O)O[C@H]1C[N+]2(CC(=O)c3ccccc3)CCC1CC2)c1ccc(OC)nc1.[Cl-]. The monoisotopic (exact) mass is 579 g/mol. The first-order valence-electron chi connectivity index (χ1n) is 13.5. The highest BCUT2D eigenvalue weighted by atomic mass is 35.5. The van der Waals surface area contributed by atoms with Crippen LogP contribution in [0.5, 0.6) is 5.88 Å². The number of esters is 2. The molecular formula is C31H34ClN3O6. The van der Waals surface area contributed by atoms with E-state index in [0.717, 1.165) is 25.9 Å². The van der Waals surface area contributed by atoms with Gasteiger partial charge in [0.25, 0.3) is 0 Å². The van der Waals surface area contributed by atoms with Crippen molar-refractivity contribution in [1.82, 2.24) is 4.98 Å². The third-order valence-electron chi connectivity index (χ3n) is 8.05. The minimum Gasteiger partial charge on any atom is -1.00 e. The molecule has 2 bridgehead atoms. The van der Waals surface area contributed by atoms with E-state index < -0.39 is 18.0 Å². The summed E-state index contributed by atoms with van der Waals surface area (Å²) in [7, 11) is 2.83. The van der Waals surface area contributed by atoms with Crippen molar-refractivity contribution in [3.8, 4) is 5.88 Å². The first-order chi connectivity index (χ1) is 19.4. The molecule has 2 atom stereocenters. The Bertz CT molecular complexity index is 1360. The van der Waals surface area contributed by atoms with Crippen LogP contribution in [0.15, 0.2) is 72.9 Å². The van der Waals surface area contributed by atoms with E-state index in [1.54, 1.807) is 42.6 Å². The number of benzene rings is 2. The Kier molecular flexibility index (Phi) is 9.62. The third kappa shape index (κ3) is 6.69. The Morgan fingerprint density at radius 2 is 1.68 bits per heavy atom. The van der Waals surface area contributed by atoms with Crippen molar-refractivity contribution in [3.63, 3.8) is 0 Å². The number of halogens is 1. The van der Waals surface area contributed by atoms with Crippen LogP contribution in [0.4, 0.5) is 5.69 Å². The molecule has 1 unspecified atom stereocenters. The number of fused-ring (bicyclic) bond motifs is 3. The molecule has 41 heavy (non-hydrogen) atoms. The lowest BCUT2D eigenvalue weighted by Crippen LogP contribution is -3.00. The Balaban J connectivity index is 0.00000387. The summed E-state index contributed by atoms with van der Waals surface area (Å²) in [5.74, 6) is -0.229. The van der Waals surface area contributed by atoms with E-state index in [0.29, 0.717) is 45.8 Å². The summed E-state index contributed by atoms with van der Waals surface area (Å²) in [4.78, 5) is 43.6. The van der Waals surface area contributed by atoms with Gasteiger partial charge < -0.3 is 36.4 Å². The van der Waals surface area contributed by atoms with Crippen molar-refractivity contribution in [2.45, 2.75) is 25.0 Å². The van der Waals surface area contributed by atoms with Crippen LogP contribution in [0, 0.1) is 5.92 Å². The zero-order valence-electron chi connectivity index (χ0n) is 23.1. The Morgan fingerprint density at radius 3 is 2.34 bits per heavy atom. The summed E-state index contributed by atoms with van der Waals surface area (Å²) in [5.41, 5.74) is 2.01. The van der Waals surface area contributed by atoms with Crippen LogP contribution in [0.1, 0.15) is 45.2 Å². The second-order valence-corrected chi connectivity index (χ2v) is 10.5. The smallest absolute Gasteiger partial charge is 0.339 e. The Hall–Kier alpha value is -3.95. The number of pyridine rings is 1. The van der Waals surface area contributed by atoms with Crippen molar-refractivity contribution >= 4 is 23.4 Å². The average Bonchev–Trinajstić information content (AvgIpc) is 3.00. The molecule has 0 radical (unpaired) electrons. The molecule has 10 heteroatoms. The maximum Gasteiger partial charge on any atom is 0.339 e. The lowest BCUT2D eigenvalue weighted by Gasteiger charge is -2.51. The molecule has 3 aliphatic rings. The molecule has 6 rings (SSSR count). The van der Waals surface area contributed by atoms with Crippen molar-refractivity contribution < 1.29 is 45.5 Å². The molecule has 0 aliphatic carbocycles. The number of hydrogen-bond acceptors (Lipinski definition) is 8. The van der Waals surface area contributed by atoms with E-state index in [1.165, 1.54) is 14.2 Å². The van der Waals surface area contributed by atoms with Gasteiger partial charge in [0, 0.05) is 47.8 Å². The van der Waals surface area contributed by atoms with Gasteiger partial charge in [-0.1, -0.05) is 42.5 Å². The number of aromatic nitrogens is 1. The summed E-state index contributed by atoms with van der Waals surface area (Å²) < 4.78 is 16.9. The van der Waals surface area contributed by atoms with Gasteiger partial charge in [0.15, 0.2) is 12.1 Å². The molecule has 1 aromatic heterocycles. The molecular weight excluding hydrogens is 546 g/mol. The Labute approximate surface area is 245 Å². The molecule has 3 aromatic rings. The van der Waals surface area contributed by atoms with E-state index in [9.17, 15) is 14.4 Å². The highest BCUT2D eigenvalue weighted by Crippen LogP contribution is 2.37. The quantitative estimate of drug-likeness (QED) is 0.216. The summed E-state index contributed by atoms with van der Waals surface area (Å²) in [6, 6.07) is 18.7.